The van der Waals surface area contributed by atoms with E-state index >= 15 is 0 Å². The van der Waals surface area contributed by atoms with Crippen LogP contribution < -0.4 is 4.74 Å². The first kappa shape index (κ1) is 10.4. The van der Waals surface area contributed by atoms with Gasteiger partial charge in [0.25, 0.3) is 0 Å². The third-order valence-corrected chi connectivity index (χ3v) is 1.43. The second-order valence-electron chi connectivity index (χ2n) is 2.41. The third kappa shape index (κ3) is 2.68. The summed E-state index contributed by atoms with van der Waals surface area (Å²) in [7, 11) is 0. The molecule has 0 spiro atoms. The molecule has 0 amide bonds. The van der Waals surface area contributed by atoms with Crippen LogP contribution in [-0.4, -0.2) is 11.7 Å². The van der Waals surface area contributed by atoms with Crippen LogP contribution in [0.1, 0.15) is 11.1 Å². The molecular formula is C9H6F2NO2. The fraction of sp³-hybridized carbons (Fsp3) is 0.111. The Labute approximate surface area is 79.2 Å². The second-order valence-corrected chi connectivity index (χ2v) is 2.41. The van der Waals surface area contributed by atoms with Crippen LogP contribution in [0.2, 0.25) is 0 Å². The van der Waals surface area contributed by atoms with Gasteiger partial charge in [0, 0.05) is 0 Å². The van der Waals surface area contributed by atoms with Crippen molar-refractivity contribution in [3.8, 4) is 11.8 Å². The Balaban J connectivity index is 3.00. The fourth-order valence-corrected chi connectivity index (χ4v) is 0.932. The highest BCUT2D eigenvalue weighted by molar-refractivity contribution is 5.42. The predicted molar refractivity (Wildman–Crippen MR) is 43.1 cm³/mol. The highest BCUT2D eigenvalue weighted by Gasteiger charge is 2.06. The Hall–Kier alpha value is -1.67. The average molecular weight is 198 g/mol. The van der Waals surface area contributed by atoms with Crippen LogP contribution in [0.3, 0.4) is 0 Å². The zero-order chi connectivity index (χ0) is 10.6. The van der Waals surface area contributed by atoms with Crippen molar-refractivity contribution in [1.82, 2.24) is 0 Å². The maximum Gasteiger partial charge on any atom is 0.387 e. The number of nitriles is 1. The second kappa shape index (κ2) is 4.53. The minimum Gasteiger partial charge on any atom is -0.435 e. The summed E-state index contributed by atoms with van der Waals surface area (Å²) in [6, 6.07) is 5.47. The molecule has 0 aliphatic carbocycles. The summed E-state index contributed by atoms with van der Waals surface area (Å²) in [6.07, 6.45) is 0. The Bertz CT molecular complexity index is 360. The zero-order valence-corrected chi connectivity index (χ0v) is 6.95. The van der Waals surface area contributed by atoms with Gasteiger partial charge < -0.3 is 9.84 Å². The lowest BCUT2D eigenvalue weighted by atomic mass is 10.1. The molecule has 1 rings (SSSR count). The summed E-state index contributed by atoms with van der Waals surface area (Å²) in [5.41, 5.74) is 0.378. The monoisotopic (exact) mass is 198 g/mol. The molecule has 0 atom stereocenters. The standard InChI is InChI=1S/C9H6F2NO2/c10-9(11)14-8-2-6(4-12)1-7(3-8)5-13/h1-3,5,9,13H. The minimum absolute atomic E-state index is 0.142. The molecule has 73 valence electrons. The van der Waals surface area contributed by atoms with Crippen LogP contribution >= 0.6 is 0 Å². The summed E-state index contributed by atoms with van der Waals surface area (Å²) in [5.74, 6) is -0.153. The van der Waals surface area contributed by atoms with Gasteiger partial charge in [0.05, 0.1) is 11.6 Å². The molecule has 1 aromatic rings. The summed E-state index contributed by atoms with van der Waals surface area (Å²) in [5, 5.41) is 17.2. The predicted octanol–water partition coefficient (Wildman–Crippen LogP) is 2.04. The number of rotatable bonds is 3. The molecule has 0 unspecified atom stereocenters. The summed E-state index contributed by atoms with van der Waals surface area (Å²) >= 11 is 0. The van der Waals surface area contributed by atoms with Crippen LogP contribution in [-0.2, 0) is 0 Å². The molecule has 0 bridgehead atoms. The normalized spacial score (nSPS) is 9.93. The Morgan fingerprint density at radius 1 is 1.43 bits per heavy atom. The van der Waals surface area contributed by atoms with Gasteiger partial charge in [-0.15, -0.1) is 0 Å². The van der Waals surface area contributed by atoms with Gasteiger partial charge >= 0.3 is 6.61 Å². The van der Waals surface area contributed by atoms with Gasteiger partial charge in [0.1, 0.15) is 12.4 Å². The molecule has 1 aromatic carbocycles. The molecule has 0 saturated heterocycles. The van der Waals surface area contributed by atoms with Crippen molar-refractivity contribution in [1.29, 1.82) is 5.26 Å². The molecule has 14 heavy (non-hydrogen) atoms. The number of alkyl halides is 2. The van der Waals surface area contributed by atoms with Gasteiger partial charge in [0.15, 0.2) is 0 Å². The topological polar surface area (TPSA) is 53.2 Å². The Morgan fingerprint density at radius 2 is 2.14 bits per heavy atom. The van der Waals surface area contributed by atoms with E-state index in [2.05, 4.69) is 4.74 Å². The smallest absolute Gasteiger partial charge is 0.387 e. The zero-order valence-electron chi connectivity index (χ0n) is 6.95. The molecule has 0 fully saturated rings. The van der Waals surface area contributed by atoms with Crippen molar-refractivity contribution < 1.29 is 18.6 Å². The Kier molecular flexibility index (Phi) is 3.37. The largest absolute Gasteiger partial charge is 0.435 e. The number of halogens is 2. The molecule has 0 aromatic heterocycles. The fourth-order valence-electron chi connectivity index (χ4n) is 0.932. The van der Waals surface area contributed by atoms with Crippen molar-refractivity contribution in [3.05, 3.63) is 35.9 Å². The SMILES string of the molecule is N#Cc1cc([CH]O)cc(OC(F)F)c1. The van der Waals surface area contributed by atoms with E-state index in [1.807, 2.05) is 0 Å². The highest BCUT2D eigenvalue weighted by Crippen LogP contribution is 2.19. The van der Waals surface area contributed by atoms with Crippen LogP contribution in [0.15, 0.2) is 18.2 Å². The highest BCUT2D eigenvalue weighted by atomic mass is 19.3. The number of aliphatic hydroxyl groups is 1. The molecule has 0 saturated carbocycles. The van der Waals surface area contributed by atoms with Crippen molar-refractivity contribution in [3.63, 3.8) is 0 Å². The number of aliphatic hydroxyl groups excluding tert-OH is 1. The first-order valence-electron chi connectivity index (χ1n) is 3.63. The maximum absolute atomic E-state index is 11.8. The number of nitrogens with zero attached hydrogens (tertiary/aromatic N) is 1. The minimum atomic E-state index is -2.95. The van der Waals surface area contributed by atoms with Gasteiger partial charge in [0.2, 0.25) is 0 Å². The molecule has 1 N–H and O–H groups in total. The Morgan fingerprint density at radius 3 is 2.64 bits per heavy atom. The van der Waals surface area contributed by atoms with Crippen LogP contribution in [0.25, 0.3) is 0 Å². The molecule has 0 aliphatic rings. The first-order valence-corrected chi connectivity index (χ1v) is 3.63. The molecule has 5 heteroatoms. The summed E-state index contributed by atoms with van der Waals surface area (Å²) < 4.78 is 27.7. The summed E-state index contributed by atoms with van der Waals surface area (Å²) in [4.78, 5) is 0. The molecule has 3 nitrogen and oxygen atoms in total. The van der Waals surface area contributed by atoms with E-state index in [1.165, 1.54) is 18.2 Å². The molecular weight excluding hydrogens is 192 g/mol. The van der Waals surface area contributed by atoms with E-state index in [0.29, 0.717) is 6.61 Å². The van der Waals surface area contributed by atoms with E-state index in [1.54, 1.807) is 6.07 Å². The average Bonchev–Trinajstić information content (AvgIpc) is 2.16. The van der Waals surface area contributed by atoms with E-state index < -0.39 is 6.61 Å². The molecule has 0 aliphatic heterocycles. The van der Waals surface area contributed by atoms with Gasteiger partial charge in [-0.05, 0) is 23.8 Å². The number of ether oxygens (including phenoxy) is 1. The van der Waals surface area contributed by atoms with Crippen LogP contribution in [0, 0.1) is 17.9 Å². The van der Waals surface area contributed by atoms with Crippen molar-refractivity contribution in [2.45, 2.75) is 6.61 Å². The lowest BCUT2D eigenvalue weighted by molar-refractivity contribution is -0.0498. The molecule has 1 radical (unpaired) electrons. The van der Waals surface area contributed by atoms with Gasteiger partial charge in [-0.3, -0.25) is 0 Å². The molecule has 0 heterocycles. The van der Waals surface area contributed by atoms with Gasteiger partial charge in [-0.25, -0.2) is 0 Å². The number of hydrogen-bond acceptors (Lipinski definition) is 3. The van der Waals surface area contributed by atoms with Crippen molar-refractivity contribution in [2.24, 2.45) is 0 Å². The van der Waals surface area contributed by atoms with Crippen LogP contribution in [0.4, 0.5) is 8.78 Å². The third-order valence-electron chi connectivity index (χ3n) is 1.43. The van der Waals surface area contributed by atoms with E-state index in [4.69, 9.17) is 10.4 Å². The van der Waals surface area contributed by atoms with E-state index in [0.717, 1.165) is 0 Å². The lowest BCUT2D eigenvalue weighted by Gasteiger charge is -2.05. The van der Waals surface area contributed by atoms with Crippen molar-refractivity contribution >= 4 is 0 Å². The summed E-state index contributed by atoms with van der Waals surface area (Å²) in [6.45, 7) is -2.24. The van der Waals surface area contributed by atoms with Crippen molar-refractivity contribution in [2.75, 3.05) is 0 Å². The van der Waals surface area contributed by atoms with E-state index in [-0.39, 0.29) is 16.9 Å². The quantitative estimate of drug-likeness (QED) is 0.808. The number of benzene rings is 1. The van der Waals surface area contributed by atoms with Crippen LogP contribution in [0.5, 0.6) is 5.75 Å². The lowest BCUT2D eigenvalue weighted by Crippen LogP contribution is -2.02. The number of hydrogen-bond donors (Lipinski definition) is 1. The van der Waals surface area contributed by atoms with E-state index in [9.17, 15) is 8.78 Å². The first-order chi connectivity index (χ1) is 6.65. The van der Waals surface area contributed by atoms with Gasteiger partial charge in [-0.2, -0.15) is 14.0 Å². The maximum atomic E-state index is 11.8. The van der Waals surface area contributed by atoms with Gasteiger partial charge in [-0.1, -0.05) is 0 Å².